The summed E-state index contributed by atoms with van der Waals surface area (Å²) in [6.45, 7) is 3.17. The van der Waals surface area contributed by atoms with E-state index in [1.54, 1.807) is 16.8 Å². The molecule has 0 spiro atoms. The maximum absolute atomic E-state index is 12.4. The third-order valence-corrected chi connectivity index (χ3v) is 4.24. The maximum Gasteiger partial charge on any atom is 0.401 e. The van der Waals surface area contributed by atoms with Crippen LogP contribution in [0.15, 0.2) is 0 Å². The van der Waals surface area contributed by atoms with Crippen molar-refractivity contribution in [2.75, 3.05) is 32.4 Å². The number of rotatable bonds is 6. The maximum atomic E-state index is 12.4. The first-order chi connectivity index (χ1) is 8.46. The second-order valence-electron chi connectivity index (χ2n) is 4.82. The van der Waals surface area contributed by atoms with E-state index in [-0.39, 0.29) is 6.04 Å². The Kier molecular flexibility index (Phi) is 6.81. The van der Waals surface area contributed by atoms with Gasteiger partial charge in [0.05, 0.1) is 6.54 Å². The number of nitrogens with zero attached hydrogens (tertiary/aromatic N) is 2. The smallest absolute Gasteiger partial charge is 0.292 e. The molecule has 0 amide bonds. The van der Waals surface area contributed by atoms with Gasteiger partial charge in [-0.3, -0.25) is 4.90 Å². The minimum atomic E-state index is -4.07. The zero-order valence-corrected chi connectivity index (χ0v) is 12.0. The van der Waals surface area contributed by atoms with E-state index in [1.165, 1.54) is 0 Å². The predicted molar refractivity (Wildman–Crippen MR) is 70.6 cm³/mol. The molecule has 1 saturated heterocycles. The van der Waals surface area contributed by atoms with Crippen LogP contribution in [0, 0.1) is 0 Å². The van der Waals surface area contributed by atoms with Crippen molar-refractivity contribution in [3.8, 4) is 0 Å². The van der Waals surface area contributed by atoms with Crippen LogP contribution in [0.1, 0.15) is 32.6 Å². The fraction of sp³-hybridized carbons (Fsp3) is 1.00. The number of hydrogen-bond donors (Lipinski definition) is 0. The molecule has 0 aromatic rings. The van der Waals surface area contributed by atoms with Crippen LogP contribution < -0.4 is 0 Å². The summed E-state index contributed by atoms with van der Waals surface area (Å²) >= 11 is 1.66. The highest BCUT2D eigenvalue weighted by Gasteiger charge is 2.34. The van der Waals surface area contributed by atoms with Crippen molar-refractivity contribution in [2.45, 2.75) is 44.8 Å². The summed E-state index contributed by atoms with van der Waals surface area (Å²) in [5, 5.41) is 0. The zero-order valence-electron chi connectivity index (χ0n) is 11.2. The molecule has 0 N–H and O–H groups in total. The zero-order chi connectivity index (χ0) is 13.6. The molecule has 18 heavy (non-hydrogen) atoms. The Morgan fingerprint density at radius 1 is 1.22 bits per heavy atom. The molecule has 0 aromatic heterocycles. The highest BCUT2D eigenvalue weighted by atomic mass is 32.2. The number of piperazine rings is 1. The highest BCUT2D eigenvalue weighted by molar-refractivity contribution is 7.96. The van der Waals surface area contributed by atoms with Gasteiger partial charge in [-0.15, -0.1) is 0 Å². The van der Waals surface area contributed by atoms with Gasteiger partial charge in [0.2, 0.25) is 0 Å². The topological polar surface area (TPSA) is 6.48 Å². The van der Waals surface area contributed by atoms with Crippen molar-refractivity contribution in [1.82, 2.24) is 9.21 Å². The third-order valence-electron chi connectivity index (χ3n) is 3.29. The molecule has 108 valence electrons. The second-order valence-corrected chi connectivity index (χ2v) is 5.66. The minimum Gasteiger partial charge on any atom is -0.292 e. The predicted octanol–water partition coefficient (Wildman–Crippen LogP) is 3.39. The van der Waals surface area contributed by atoms with E-state index in [0.29, 0.717) is 13.1 Å². The monoisotopic (exact) mass is 284 g/mol. The molecule has 0 bridgehead atoms. The van der Waals surface area contributed by atoms with E-state index in [2.05, 4.69) is 11.2 Å². The summed E-state index contributed by atoms with van der Waals surface area (Å²) < 4.78 is 39.4. The molecule has 0 aliphatic carbocycles. The molecule has 1 aliphatic heterocycles. The summed E-state index contributed by atoms with van der Waals surface area (Å²) in [6.07, 6.45) is 2.36. The van der Waals surface area contributed by atoms with Crippen LogP contribution in [-0.4, -0.2) is 53.9 Å². The standard InChI is InChI=1S/C12H23F3N2S/c1-3-4-5-6-11-9-16(10-12(13,14)15)7-8-17(11)18-2/h11H,3-10H2,1-2H3. The van der Waals surface area contributed by atoms with Crippen molar-refractivity contribution in [2.24, 2.45) is 0 Å². The average Bonchev–Trinajstić information content (AvgIpc) is 2.27. The van der Waals surface area contributed by atoms with Gasteiger partial charge in [-0.1, -0.05) is 38.1 Å². The van der Waals surface area contributed by atoms with Crippen LogP contribution in [0.5, 0.6) is 0 Å². The van der Waals surface area contributed by atoms with Gasteiger partial charge in [-0.2, -0.15) is 13.2 Å². The quantitative estimate of drug-likeness (QED) is 0.545. The molecule has 2 nitrogen and oxygen atoms in total. The Morgan fingerprint density at radius 2 is 1.94 bits per heavy atom. The molecule has 0 saturated carbocycles. The second kappa shape index (κ2) is 7.60. The van der Waals surface area contributed by atoms with Gasteiger partial charge in [0.15, 0.2) is 0 Å². The van der Waals surface area contributed by atoms with Crippen LogP contribution in [0.25, 0.3) is 0 Å². The molecule has 1 rings (SSSR count). The number of hydrogen-bond acceptors (Lipinski definition) is 3. The van der Waals surface area contributed by atoms with Crippen LogP contribution in [0.4, 0.5) is 13.2 Å². The average molecular weight is 284 g/mol. The van der Waals surface area contributed by atoms with Gasteiger partial charge in [0.25, 0.3) is 0 Å². The lowest BCUT2D eigenvalue weighted by Gasteiger charge is -2.40. The van der Waals surface area contributed by atoms with Gasteiger partial charge in [0, 0.05) is 25.7 Å². The Labute approximate surface area is 112 Å². The molecule has 1 atom stereocenters. The van der Waals surface area contributed by atoms with E-state index in [0.717, 1.165) is 32.2 Å². The minimum absolute atomic E-state index is 0.266. The normalized spacial score (nSPS) is 23.5. The summed E-state index contributed by atoms with van der Waals surface area (Å²) in [6, 6.07) is 0.266. The Hall–Kier alpha value is 0.0600. The molecule has 0 radical (unpaired) electrons. The van der Waals surface area contributed by atoms with Gasteiger partial charge in [-0.05, 0) is 12.7 Å². The molecule has 1 unspecified atom stereocenters. The lowest BCUT2D eigenvalue weighted by atomic mass is 10.1. The first kappa shape index (κ1) is 16.1. The van der Waals surface area contributed by atoms with E-state index in [4.69, 9.17) is 0 Å². The first-order valence-corrected chi connectivity index (χ1v) is 7.74. The van der Waals surface area contributed by atoms with Gasteiger partial charge < -0.3 is 0 Å². The summed E-state index contributed by atoms with van der Waals surface area (Å²) in [5.41, 5.74) is 0. The van der Waals surface area contributed by atoms with Crippen LogP contribution in [-0.2, 0) is 0 Å². The first-order valence-electron chi connectivity index (χ1n) is 6.56. The molecular weight excluding hydrogens is 261 g/mol. The van der Waals surface area contributed by atoms with Gasteiger partial charge in [0.1, 0.15) is 0 Å². The number of alkyl halides is 3. The molecule has 1 heterocycles. The summed E-state index contributed by atoms with van der Waals surface area (Å²) in [4.78, 5) is 1.54. The Morgan fingerprint density at radius 3 is 2.50 bits per heavy atom. The van der Waals surface area contributed by atoms with Crippen molar-refractivity contribution in [3.05, 3.63) is 0 Å². The fourth-order valence-corrected chi connectivity index (χ4v) is 3.14. The fourth-order valence-electron chi connectivity index (χ4n) is 2.41. The lowest BCUT2D eigenvalue weighted by Crippen LogP contribution is -2.52. The van der Waals surface area contributed by atoms with Crippen molar-refractivity contribution in [1.29, 1.82) is 0 Å². The van der Waals surface area contributed by atoms with E-state index < -0.39 is 12.7 Å². The molecule has 0 aromatic carbocycles. The van der Waals surface area contributed by atoms with Crippen LogP contribution in [0.3, 0.4) is 0 Å². The SMILES string of the molecule is CCCCCC1CN(CC(F)(F)F)CCN1SC. The van der Waals surface area contributed by atoms with Crippen LogP contribution in [0.2, 0.25) is 0 Å². The van der Waals surface area contributed by atoms with E-state index in [9.17, 15) is 13.2 Å². The van der Waals surface area contributed by atoms with Crippen LogP contribution >= 0.6 is 11.9 Å². The van der Waals surface area contributed by atoms with Crippen molar-refractivity contribution < 1.29 is 13.2 Å². The molecular formula is C12H23F3N2S. The summed E-state index contributed by atoms with van der Waals surface area (Å²) in [5.74, 6) is 0. The van der Waals surface area contributed by atoms with E-state index in [1.807, 2.05) is 6.26 Å². The molecule has 1 aliphatic rings. The van der Waals surface area contributed by atoms with Crippen molar-refractivity contribution >= 4 is 11.9 Å². The third kappa shape index (κ3) is 5.80. The number of halogens is 3. The number of unbranched alkanes of at least 4 members (excludes halogenated alkanes) is 2. The largest absolute Gasteiger partial charge is 0.401 e. The molecule has 6 heteroatoms. The van der Waals surface area contributed by atoms with Gasteiger partial charge >= 0.3 is 6.18 Å². The summed E-state index contributed by atoms with van der Waals surface area (Å²) in [7, 11) is 0. The lowest BCUT2D eigenvalue weighted by molar-refractivity contribution is -0.149. The Balaban J connectivity index is 2.44. The molecule has 1 fully saturated rings. The van der Waals surface area contributed by atoms with Crippen molar-refractivity contribution in [3.63, 3.8) is 0 Å². The van der Waals surface area contributed by atoms with Gasteiger partial charge in [-0.25, -0.2) is 4.31 Å². The Bertz CT molecular complexity index is 236. The van der Waals surface area contributed by atoms with E-state index >= 15 is 0 Å². The highest BCUT2D eigenvalue weighted by Crippen LogP contribution is 2.24.